The van der Waals surface area contributed by atoms with Crippen LogP contribution in [-0.2, 0) is 5.41 Å². The monoisotopic (exact) mass is 703 g/mol. The van der Waals surface area contributed by atoms with Crippen LogP contribution in [0.4, 0.5) is 0 Å². The van der Waals surface area contributed by atoms with E-state index >= 15 is 0 Å². The Labute approximate surface area is 315 Å². The van der Waals surface area contributed by atoms with Gasteiger partial charge in [0.25, 0.3) is 0 Å². The molecule has 0 radical (unpaired) electrons. The fourth-order valence-corrected chi connectivity index (χ4v) is 10.6. The summed E-state index contributed by atoms with van der Waals surface area (Å²) in [6.07, 6.45) is 0. The molecular formula is C50H29N3S. The average Bonchev–Trinajstić information content (AvgIpc) is 3.77. The Morgan fingerprint density at radius 3 is 1.57 bits per heavy atom. The third-order valence-corrected chi connectivity index (χ3v) is 12.8. The molecule has 0 amide bonds. The Morgan fingerprint density at radius 1 is 0.333 bits per heavy atom. The molecule has 8 aromatic carbocycles. The zero-order chi connectivity index (χ0) is 35.4. The second kappa shape index (κ2) is 11.1. The Bertz CT molecular complexity index is 3130. The second-order valence-electron chi connectivity index (χ2n) is 14.2. The van der Waals surface area contributed by atoms with Crippen LogP contribution in [0.1, 0.15) is 22.3 Å². The predicted octanol–water partition coefficient (Wildman–Crippen LogP) is 12.7. The number of hydrogen-bond acceptors (Lipinski definition) is 4. The molecule has 2 aliphatic carbocycles. The number of benzene rings is 8. The molecule has 2 aliphatic rings. The molecule has 0 N–H and O–H groups in total. The highest BCUT2D eigenvalue weighted by Crippen LogP contribution is 2.62. The van der Waals surface area contributed by atoms with Gasteiger partial charge in [0.15, 0.2) is 17.5 Å². The van der Waals surface area contributed by atoms with Crippen molar-refractivity contribution in [2.45, 2.75) is 5.41 Å². The summed E-state index contributed by atoms with van der Waals surface area (Å²) in [7, 11) is 0. The average molecular weight is 704 g/mol. The lowest BCUT2D eigenvalue weighted by molar-refractivity contribution is 0.773. The SMILES string of the molecule is c1ccc(-c2nc(-c3ccc4c5c(cccc35)C3(c5ccccc5-c5ccccc53)c3ccccc3-4)nc(-c3cccc4c3sc3ccccc34)n2)cc1. The van der Waals surface area contributed by atoms with Gasteiger partial charge in [-0.05, 0) is 73.5 Å². The van der Waals surface area contributed by atoms with Crippen LogP contribution in [-0.4, -0.2) is 15.0 Å². The van der Waals surface area contributed by atoms with E-state index in [2.05, 4.69) is 158 Å². The van der Waals surface area contributed by atoms with Crippen molar-refractivity contribution in [3.05, 3.63) is 198 Å². The van der Waals surface area contributed by atoms with Gasteiger partial charge in [0.1, 0.15) is 0 Å². The smallest absolute Gasteiger partial charge is 0.165 e. The van der Waals surface area contributed by atoms with Crippen molar-refractivity contribution in [1.29, 1.82) is 0 Å². The molecule has 0 aliphatic heterocycles. The first-order chi connectivity index (χ1) is 26.8. The van der Waals surface area contributed by atoms with Gasteiger partial charge in [0.05, 0.1) is 5.41 Å². The number of nitrogens with zero attached hydrogens (tertiary/aromatic N) is 3. The molecule has 54 heavy (non-hydrogen) atoms. The van der Waals surface area contributed by atoms with E-state index in [1.165, 1.54) is 70.1 Å². The predicted molar refractivity (Wildman–Crippen MR) is 223 cm³/mol. The van der Waals surface area contributed by atoms with Gasteiger partial charge in [0.2, 0.25) is 0 Å². The van der Waals surface area contributed by atoms with Gasteiger partial charge in [-0.1, -0.05) is 158 Å². The zero-order valence-electron chi connectivity index (χ0n) is 29.0. The fraction of sp³-hybridized carbons (Fsp3) is 0.0200. The fourth-order valence-electron chi connectivity index (χ4n) is 9.40. The van der Waals surface area contributed by atoms with E-state index in [1.807, 2.05) is 18.2 Å². The maximum atomic E-state index is 5.36. The van der Waals surface area contributed by atoms with Crippen LogP contribution in [0.3, 0.4) is 0 Å². The van der Waals surface area contributed by atoms with Crippen molar-refractivity contribution in [1.82, 2.24) is 15.0 Å². The molecule has 2 aromatic heterocycles. The van der Waals surface area contributed by atoms with Crippen LogP contribution in [0, 0.1) is 0 Å². The van der Waals surface area contributed by atoms with Crippen molar-refractivity contribution in [3.63, 3.8) is 0 Å². The van der Waals surface area contributed by atoms with E-state index in [0.717, 1.165) is 22.1 Å². The third-order valence-electron chi connectivity index (χ3n) is 11.6. The molecule has 10 aromatic rings. The Morgan fingerprint density at radius 2 is 0.833 bits per heavy atom. The highest BCUT2D eigenvalue weighted by atomic mass is 32.1. The molecule has 4 heteroatoms. The normalized spacial score (nSPS) is 13.3. The number of aromatic nitrogens is 3. The highest BCUT2D eigenvalue weighted by molar-refractivity contribution is 7.26. The van der Waals surface area contributed by atoms with E-state index in [9.17, 15) is 0 Å². The first-order valence-electron chi connectivity index (χ1n) is 18.4. The van der Waals surface area contributed by atoms with Crippen molar-refractivity contribution >= 4 is 42.3 Å². The van der Waals surface area contributed by atoms with Gasteiger partial charge in [-0.2, -0.15) is 0 Å². The Balaban J connectivity index is 1.17. The first kappa shape index (κ1) is 29.8. The minimum atomic E-state index is -0.467. The molecule has 0 atom stereocenters. The maximum Gasteiger partial charge on any atom is 0.165 e. The van der Waals surface area contributed by atoms with Crippen LogP contribution in [0.5, 0.6) is 0 Å². The van der Waals surface area contributed by atoms with E-state index in [4.69, 9.17) is 15.0 Å². The molecule has 3 nitrogen and oxygen atoms in total. The van der Waals surface area contributed by atoms with Crippen LogP contribution in [0.25, 0.3) is 87.4 Å². The lowest BCUT2D eigenvalue weighted by Gasteiger charge is -2.40. The summed E-state index contributed by atoms with van der Waals surface area (Å²) in [5.41, 5.74) is 12.9. The van der Waals surface area contributed by atoms with E-state index in [0.29, 0.717) is 17.5 Å². The molecule has 12 rings (SSSR count). The third kappa shape index (κ3) is 3.92. The summed E-state index contributed by atoms with van der Waals surface area (Å²) in [6, 6.07) is 63.7. The zero-order valence-corrected chi connectivity index (χ0v) is 29.8. The summed E-state index contributed by atoms with van der Waals surface area (Å²) in [5.74, 6) is 2.01. The van der Waals surface area contributed by atoms with E-state index in [-0.39, 0.29) is 0 Å². The van der Waals surface area contributed by atoms with Gasteiger partial charge in [-0.25, -0.2) is 15.0 Å². The number of rotatable bonds is 3. The molecule has 0 fully saturated rings. The minimum absolute atomic E-state index is 0.467. The standard InChI is InChI=1S/C50H29N3S/c1-2-14-30(15-3-1)47-51-48(53-49(52-47)39-22-12-21-37-34-19-7-11-27-44(34)54-46(37)39)38-29-28-36-33-18-6-10-25-42(33)50(43-26-13-20-35(38)45(36)43)40-23-8-4-16-31(40)32-17-5-9-24-41(32)50/h1-29H. The quantitative estimate of drug-likeness (QED) is 0.184. The molecule has 1 spiro atoms. The van der Waals surface area contributed by atoms with Crippen LogP contribution < -0.4 is 0 Å². The number of fused-ring (bicyclic) bond motifs is 12. The van der Waals surface area contributed by atoms with E-state index in [1.54, 1.807) is 11.3 Å². The van der Waals surface area contributed by atoms with Crippen molar-refractivity contribution in [2.75, 3.05) is 0 Å². The lowest BCUT2D eigenvalue weighted by Crippen LogP contribution is -2.31. The van der Waals surface area contributed by atoms with Crippen LogP contribution in [0.2, 0.25) is 0 Å². The van der Waals surface area contributed by atoms with Crippen molar-refractivity contribution in [2.24, 2.45) is 0 Å². The van der Waals surface area contributed by atoms with Crippen molar-refractivity contribution < 1.29 is 0 Å². The van der Waals surface area contributed by atoms with Crippen molar-refractivity contribution in [3.8, 4) is 56.4 Å². The summed E-state index contributed by atoms with van der Waals surface area (Å²) in [6.45, 7) is 0. The molecule has 250 valence electrons. The maximum absolute atomic E-state index is 5.36. The minimum Gasteiger partial charge on any atom is -0.208 e. The first-order valence-corrected chi connectivity index (χ1v) is 19.2. The Kier molecular flexibility index (Phi) is 6.14. The van der Waals surface area contributed by atoms with Gasteiger partial charge < -0.3 is 0 Å². The number of hydrogen-bond donors (Lipinski definition) is 0. The lowest BCUT2D eigenvalue weighted by atomic mass is 9.61. The van der Waals surface area contributed by atoms with Crippen LogP contribution >= 0.6 is 11.3 Å². The largest absolute Gasteiger partial charge is 0.208 e. The molecule has 0 saturated heterocycles. The second-order valence-corrected chi connectivity index (χ2v) is 15.3. The molecular weight excluding hydrogens is 675 g/mol. The molecule has 0 bridgehead atoms. The summed E-state index contributed by atoms with van der Waals surface area (Å²) < 4.78 is 2.44. The van der Waals surface area contributed by atoms with Gasteiger partial charge >= 0.3 is 0 Å². The summed E-state index contributed by atoms with van der Waals surface area (Å²) >= 11 is 1.80. The Hall–Kier alpha value is -6.75. The van der Waals surface area contributed by atoms with E-state index < -0.39 is 5.41 Å². The molecule has 0 unspecified atom stereocenters. The highest BCUT2D eigenvalue weighted by Gasteiger charge is 2.49. The molecule has 0 saturated carbocycles. The number of thiophene rings is 1. The summed E-state index contributed by atoms with van der Waals surface area (Å²) in [4.78, 5) is 15.8. The van der Waals surface area contributed by atoms with Gasteiger partial charge in [0, 0.05) is 36.9 Å². The topological polar surface area (TPSA) is 38.7 Å². The van der Waals surface area contributed by atoms with Crippen LogP contribution in [0.15, 0.2) is 176 Å². The summed E-state index contributed by atoms with van der Waals surface area (Å²) in [5, 5.41) is 4.86. The van der Waals surface area contributed by atoms with Gasteiger partial charge in [-0.3, -0.25) is 0 Å². The molecule has 2 heterocycles. The van der Waals surface area contributed by atoms with Gasteiger partial charge in [-0.15, -0.1) is 11.3 Å².